The number of benzene rings is 2. The molecule has 2 N–H and O–H groups in total. The Morgan fingerprint density at radius 1 is 1.18 bits per heavy atom. The maximum Gasteiger partial charge on any atom is 0.225 e. The molecule has 5 nitrogen and oxygen atoms in total. The van der Waals surface area contributed by atoms with E-state index in [2.05, 4.69) is 33.7 Å². The van der Waals surface area contributed by atoms with Crippen molar-refractivity contribution in [3.63, 3.8) is 0 Å². The predicted octanol–water partition coefficient (Wildman–Crippen LogP) is 5.54. The van der Waals surface area contributed by atoms with Gasteiger partial charge in [-0.2, -0.15) is 5.10 Å². The van der Waals surface area contributed by atoms with Gasteiger partial charge in [-0.25, -0.2) is 0 Å². The molecule has 0 spiro atoms. The lowest BCUT2D eigenvalue weighted by molar-refractivity contribution is -0.116. The number of carbonyl (C=O) groups is 1. The van der Waals surface area contributed by atoms with Gasteiger partial charge in [0.25, 0.3) is 0 Å². The van der Waals surface area contributed by atoms with E-state index < -0.39 is 0 Å². The number of carbonyl (C=O) groups excluding carboxylic acids is 1. The summed E-state index contributed by atoms with van der Waals surface area (Å²) in [5.74, 6) is 2.24. The number of nitrogens with zero attached hydrogens (tertiary/aromatic N) is 1. The minimum absolute atomic E-state index is 0.0498. The summed E-state index contributed by atoms with van der Waals surface area (Å²) in [6, 6.07) is 14.2. The second-order valence-electron chi connectivity index (χ2n) is 7.53. The smallest absolute Gasteiger partial charge is 0.225 e. The lowest BCUT2D eigenvalue weighted by Crippen LogP contribution is -2.13. The molecule has 0 bridgehead atoms. The summed E-state index contributed by atoms with van der Waals surface area (Å²) in [5, 5.41) is 11.3. The Labute approximate surface area is 165 Å². The van der Waals surface area contributed by atoms with E-state index in [1.807, 2.05) is 31.2 Å². The lowest BCUT2D eigenvalue weighted by Gasteiger charge is -2.08. The van der Waals surface area contributed by atoms with Gasteiger partial charge in [-0.05, 0) is 54.7 Å². The number of hydrogen-bond acceptors (Lipinski definition) is 3. The first kappa shape index (κ1) is 18.5. The Kier molecular flexibility index (Phi) is 5.60. The maximum atomic E-state index is 12.3. The number of amides is 1. The van der Waals surface area contributed by atoms with Gasteiger partial charge in [0.2, 0.25) is 5.91 Å². The van der Waals surface area contributed by atoms with E-state index in [4.69, 9.17) is 4.74 Å². The summed E-state index contributed by atoms with van der Waals surface area (Å²) in [5.41, 5.74) is 3.08. The summed E-state index contributed by atoms with van der Waals surface area (Å²) < 4.78 is 5.60. The Hall–Kier alpha value is -2.82. The lowest BCUT2D eigenvalue weighted by atomic mass is 10.0. The van der Waals surface area contributed by atoms with Gasteiger partial charge in [-0.15, -0.1) is 0 Å². The van der Waals surface area contributed by atoms with Crippen LogP contribution in [0.3, 0.4) is 0 Å². The van der Waals surface area contributed by atoms with Crippen molar-refractivity contribution >= 4 is 22.6 Å². The van der Waals surface area contributed by atoms with Crippen LogP contribution in [0.25, 0.3) is 22.0 Å². The minimum atomic E-state index is 0.0498. The third-order valence-corrected chi connectivity index (χ3v) is 5.55. The number of aromatic amines is 1. The second-order valence-corrected chi connectivity index (χ2v) is 7.53. The van der Waals surface area contributed by atoms with Gasteiger partial charge < -0.3 is 10.1 Å². The molecule has 1 amide bonds. The van der Waals surface area contributed by atoms with Crippen LogP contribution in [-0.2, 0) is 4.79 Å². The molecule has 146 valence electrons. The molecule has 1 saturated carbocycles. The van der Waals surface area contributed by atoms with Crippen molar-refractivity contribution in [3.8, 4) is 16.9 Å². The summed E-state index contributed by atoms with van der Waals surface area (Å²) >= 11 is 0. The zero-order chi connectivity index (χ0) is 19.3. The molecule has 1 aliphatic carbocycles. The number of rotatable bonds is 7. The van der Waals surface area contributed by atoms with Crippen molar-refractivity contribution in [2.24, 2.45) is 5.92 Å². The number of aromatic nitrogens is 2. The Bertz CT molecular complexity index is 957. The molecule has 0 unspecified atom stereocenters. The van der Waals surface area contributed by atoms with E-state index in [0.29, 0.717) is 18.8 Å². The van der Waals surface area contributed by atoms with Crippen LogP contribution in [0.1, 0.15) is 45.4 Å². The highest BCUT2D eigenvalue weighted by atomic mass is 16.5. The van der Waals surface area contributed by atoms with Crippen LogP contribution in [0.2, 0.25) is 0 Å². The Balaban J connectivity index is 1.46. The maximum absolute atomic E-state index is 12.3. The Morgan fingerprint density at radius 3 is 2.82 bits per heavy atom. The number of hydrogen-bond donors (Lipinski definition) is 2. The van der Waals surface area contributed by atoms with Crippen molar-refractivity contribution in [1.29, 1.82) is 0 Å². The van der Waals surface area contributed by atoms with E-state index >= 15 is 0 Å². The summed E-state index contributed by atoms with van der Waals surface area (Å²) in [6.07, 6.45) is 6.71. The second kappa shape index (κ2) is 8.46. The Morgan fingerprint density at radius 2 is 2.00 bits per heavy atom. The van der Waals surface area contributed by atoms with Crippen LogP contribution in [0.5, 0.6) is 5.75 Å². The fraction of sp³-hybridized carbons (Fsp3) is 0.391. The molecule has 3 aromatic rings. The predicted molar refractivity (Wildman–Crippen MR) is 113 cm³/mol. The number of fused-ring (bicyclic) bond motifs is 1. The van der Waals surface area contributed by atoms with Crippen molar-refractivity contribution in [2.45, 2.75) is 45.4 Å². The molecule has 1 aliphatic rings. The summed E-state index contributed by atoms with van der Waals surface area (Å²) in [6.45, 7) is 2.62. The molecule has 1 aromatic heterocycles. The minimum Gasteiger partial charge on any atom is -0.494 e. The highest BCUT2D eigenvalue weighted by Crippen LogP contribution is 2.30. The molecule has 2 aromatic carbocycles. The molecule has 4 rings (SSSR count). The molecule has 0 atom stereocenters. The first-order chi connectivity index (χ1) is 13.7. The number of ether oxygens (including phenoxy) is 1. The SMILES string of the molecule is CCOc1cccc(-c2ccc3c(NC(=O)CCC4CCCC4)n[nH]c3c2)c1. The highest BCUT2D eigenvalue weighted by Gasteiger charge is 2.17. The van der Waals surface area contributed by atoms with Crippen LogP contribution in [-0.4, -0.2) is 22.7 Å². The molecular formula is C23H27N3O2. The summed E-state index contributed by atoms with van der Waals surface area (Å²) in [4.78, 5) is 12.3. The standard InChI is InChI=1S/C23H27N3O2/c1-2-28-19-9-5-8-17(14-19)18-11-12-20-21(15-18)25-26-23(20)24-22(27)13-10-16-6-3-4-7-16/h5,8-9,11-12,14-16H,2-4,6-7,10,13H2,1H3,(H2,24,25,26,27). The van der Waals surface area contributed by atoms with Crippen molar-refractivity contribution in [3.05, 3.63) is 42.5 Å². The molecule has 0 aliphatic heterocycles. The molecule has 0 radical (unpaired) electrons. The third kappa shape index (κ3) is 4.19. The molecule has 5 heteroatoms. The van der Waals surface area contributed by atoms with E-state index in [1.165, 1.54) is 25.7 Å². The normalized spacial score (nSPS) is 14.5. The van der Waals surface area contributed by atoms with Crippen molar-refractivity contribution in [2.75, 3.05) is 11.9 Å². The van der Waals surface area contributed by atoms with E-state index in [9.17, 15) is 4.79 Å². The van der Waals surface area contributed by atoms with E-state index in [1.54, 1.807) is 0 Å². The molecule has 1 fully saturated rings. The first-order valence-electron chi connectivity index (χ1n) is 10.2. The van der Waals surface area contributed by atoms with E-state index in [0.717, 1.165) is 40.1 Å². The number of anilines is 1. The monoisotopic (exact) mass is 377 g/mol. The molecule has 0 saturated heterocycles. The fourth-order valence-corrected chi connectivity index (χ4v) is 4.06. The number of H-pyrrole nitrogens is 1. The van der Waals surface area contributed by atoms with Crippen LogP contribution >= 0.6 is 0 Å². The third-order valence-electron chi connectivity index (χ3n) is 5.55. The van der Waals surface area contributed by atoms with Gasteiger partial charge in [0.1, 0.15) is 5.75 Å². The van der Waals surface area contributed by atoms with Crippen LogP contribution in [0, 0.1) is 5.92 Å². The summed E-state index contributed by atoms with van der Waals surface area (Å²) in [7, 11) is 0. The largest absolute Gasteiger partial charge is 0.494 e. The quantitative estimate of drug-likeness (QED) is 0.568. The first-order valence-corrected chi connectivity index (χ1v) is 10.2. The average Bonchev–Trinajstić information content (AvgIpc) is 3.37. The van der Waals surface area contributed by atoms with Gasteiger partial charge in [0.05, 0.1) is 12.1 Å². The van der Waals surface area contributed by atoms with E-state index in [-0.39, 0.29) is 5.91 Å². The van der Waals surface area contributed by atoms with Crippen LogP contribution in [0.4, 0.5) is 5.82 Å². The topological polar surface area (TPSA) is 67.0 Å². The fourth-order valence-electron chi connectivity index (χ4n) is 4.06. The molecular weight excluding hydrogens is 350 g/mol. The van der Waals surface area contributed by atoms with Crippen LogP contribution in [0.15, 0.2) is 42.5 Å². The zero-order valence-corrected chi connectivity index (χ0v) is 16.3. The number of nitrogens with one attached hydrogen (secondary N) is 2. The highest BCUT2D eigenvalue weighted by molar-refractivity contribution is 6.00. The van der Waals surface area contributed by atoms with Crippen molar-refractivity contribution < 1.29 is 9.53 Å². The van der Waals surface area contributed by atoms with Crippen molar-refractivity contribution in [1.82, 2.24) is 10.2 Å². The molecule has 1 heterocycles. The van der Waals surface area contributed by atoms with Crippen LogP contribution < -0.4 is 10.1 Å². The van der Waals surface area contributed by atoms with Gasteiger partial charge in [-0.1, -0.05) is 43.9 Å². The average molecular weight is 377 g/mol. The van der Waals surface area contributed by atoms with Gasteiger partial charge >= 0.3 is 0 Å². The van der Waals surface area contributed by atoms with Gasteiger partial charge in [0.15, 0.2) is 5.82 Å². The zero-order valence-electron chi connectivity index (χ0n) is 16.3. The van der Waals surface area contributed by atoms with Gasteiger partial charge in [0, 0.05) is 11.8 Å². The molecule has 28 heavy (non-hydrogen) atoms. The van der Waals surface area contributed by atoms with Gasteiger partial charge in [-0.3, -0.25) is 9.89 Å².